The van der Waals surface area contributed by atoms with E-state index >= 15 is 0 Å². The highest BCUT2D eigenvalue weighted by atomic mass is 16.5. The molecule has 1 aliphatic carbocycles. The molecule has 0 aliphatic heterocycles. The fourth-order valence-corrected chi connectivity index (χ4v) is 1.55. The molecule has 0 amide bonds. The first-order valence-electron chi connectivity index (χ1n) is 5.07. The summed E-state index contributed by atoms with van der Waals surface area (Å²) in [6.07, 6.45) is 1.85. The number of nitrogens with one attached hydrogen (secondary N) is 1. The average Bonchev–Trinajstić information content (AvgIpc) is 2.26. The van der Waals surface area contributed by atoms with Crippen LogP contribution in [0.3, 0.4) is 0 Å². The number of aromatic nitrogens is 3. The van der Waals surface area contributed by atoms with Gasteiger partial charge in [0.05, 0.1) is 14.2 Å². The van der Waals surface area contributed by atoms with E-state index in [9.17, 15) is 0 Å². The number of hydrogen-bond donors (Lipinski definition) is 2. The summed E-state index contributed by atoms with van der Waals surface area (Å²) in [6.45, 7) is 0. The van der Waals surface area contributed by atoms with E-state index in [1.54, 1.807) is 0 Å². The number of methoxy groups -OCH3 is 2. The average molecular weight is 225 g/mol. The largest absolute Gasteiger partial charge is 0.467 e. The van der Waals surface area contributed by atoms with Gasteiger partial charge in [-0.1, -0.05) is 0 Å². The molecule has 1 aromatic heterocycles. The minimum Gasteiger partial charge on any atom is -0.467 e. The Kier molecular flexibility index (Phi) is 3.04. The molecule has 2 rings (SSSR count). The second-order valence-corrected chi connectivity index (χ2v) is 3.71. The topological polar surface area (TPSA) is 95.2 Å². The molecule has 16 heavy (non-hydrogen) atoms. The van der Waals surface area contributed by atoms with Gasteiger partial charge >= 0.3 is 12.0 Å². The zero-order chi connectivity index (χ0) is 11.5. The van der Waals surface area contributed by atoms with E-state index in [4.69, 9.17) is 15.2 Å². The molecule has 7 nitrogen and oxygen atoms in total. The van der Waals surface area contributed by atoms with Gasteiger partial charge in [-0.2, -0.15) is 9.97 Å². The molecule has 1 saturated carbocycles. The molecule has 1 aliphatic rings. The lowest BCUT2D eigenvalue weighted by Crippen LogP contribution is -2.44. The van der Waals surface area contributed by atoms with Crippen molar-refractivity contribution >= 4 is 5.95 Å². The lowest BCUT2D eigenvalue weighted by molar-refractivity contribution is 0.337. The van der Waals surface area contributed by atoms with Crippen molar-refractivity contribution in [2.45, 2.75) is 24.9 Å². The number of nitrogens with zero attached hydrogens (tertiary/aromatic N) is 3. The van der Waals surface area contributed by atoms with Gasteiger partial charge in [0.15, 0.2) is 0 Å². The molecule has 88 valence electrons. The van der Waals surface area contributed by atoms with Gasteiger partial charge in [0.25, 0.3) is 0 Å². The summed E-state index contributed by atoms with van der Waals surface area (Å²) < 4.78 is 9.89. The second kappa shape index (κ2) is 4.48. The van der Waals surface area contributed by atoms with Crippen LogP contribution in [0.15, 0.2) is 0 Å². The van der Waals surface area contributed by atoms with Crippen LogP contribution in [-0.4, -0.2) is 41.3 Å². The zero-order valence-corrected chi connectivity index (χ0v) is 9.30. The van der Waals surface area contributed by atoms with Crippen LogP contribution >= 0.6 is 0 Å². The highest BCUT2D eigenvalue weighted by molar-refractivity contribution is 5.30. The van der Waals surface area contributed by atoms with E-state index in [0.717, 1.165) is 12.8 Å². The maximum Gasteiger partial charge on any atom is 0.324 e. The van der Waals surface area contributed by atoms with Crippen LogP contribution < -0.4 is 20.5 Å². The lowest BCUT2D eigenvalue weighted by atomic mass is 9.88. The fourth-order valence-electron chi connectivity index (χ4n) is 1.55. The lowest BCUT2D eigenvalue weighted by Gasteiger charge is -2.32. The summed E-state index contributed by atoms with van der Waals surface area (Å²) in [4.78, 5) is 12.0. The molecular formula is C9H15N5O2. The smallest absolute Gasteiger partial charge is 0.324 e. The molecule has 0 saturated heterocycles. The van der Waals surface area contributed by atoms with Crippen LogP contribution in [-0.2, 0) is 0 Å². The molecule has 0 unspecified atom stereocenters. The summed E-state index contributed by atoms with van der Waals surface area (Å²) in [5.41, 5.74) is 5.69. The quantitative estimate of drug-likeness (QED) is 0.732. The zero-order valence-electron chi connectivity index (χ0n) is 9.30. The summed E-state index contributed by atoms with van der Waals surface area (Å²) in [7, 11) is 3.00. The molecule has 0 bridgehead atoms. The fraction of sp³-hybridized carbons (Fsp3) is 0.667. The molecule has 0 spiro atoms. The molecular weight excluding hydrogens is 210 g/mol. The van der Waals surface area contributed by atoms with Crippen LogP contribution in [0.25, 0.3) is 0 Å². The van der Waals surface area contributed by atoms with Crippen molar-refractivity contribution in [3.8, 4) is 12.0 Å². The third-order valence-electron chi connectivity index (χ3n) is 2.47. The standard InChI is InChI=1S/C9H15N5O2/c1-15-8-12-7(13-9(14-8)16-2)11-6-3-5(10)4-6/h5-6H,3-4,10H2,1-2H3,(H,11,12,13,14). The van der Waals surface area contributed by atoms with Gasteiger partial charge < -0.3 is 20.5 Å². The van der Waals surface area contributed by atoms with Gasteiger partial charge in [0, 0.05) is 12.1 Å². The highest BCUT2D eigenvalue weighted by Gasteiger charge is 2.26. The molecule has 0 radical (unpaired) electrons. The number of nitrogens with two attached hydrogens (primary N) is 1. The summed E-state index contributed by atoms with van der Waals surface area (Å²) in [5, 5.41) is 3.16. The Bertz CT molecular complexity index is 345. The first-order valence-corrected chi connectivity index (χ1v) is 5.07. The van der Waals surface area contributed by atoms with Crippen molar-refractivity contribution < 1.29 is 9.47 Å². The molecule has 3 N–H and O–H groups in total. The van der Waals surface area contributed by atoms with E-state index in [2.05, 4.69) is 20.3 Å². The van der Waals surface area contributed by atoms with Crippen molar-refractivity contribution in [2.24, 2.45) is 5.73 Å². The molecule has 1 fully saturated rings. The maximum atomic E-state index is 5.69. The van der Waals surface area contributed by atoms with Gasteiger partial charge in [-0.3, -0.25) is 0 Å². The van der Waals surface area contributed by atoms with E-state index in [-0.39, 0.29) is 18.1 Å². The van der Waals surface area contributed by atoms with Gasteiger partial charge in [0.2, 0.25) is 5.95 Å². The molecule has 0 atom stereocenters. The predicted molar refractivity (Wildman–Crippen MR) is 57.6 cm³/mol. The molecule has 1 heterocycles. The van der Waals surface area contributed by atoms with Crippen molar-refractivity contribution in [1.29, 1.82) is 0 Å². The minimum absolute atomic E-state index is 0.234. The molecule has 7 heteroatoms. The Labute approximate surface area is 93.4 Å². The Balaban J connectivity index is 2.07. The normalized spacial score (nSPS) is 23.4. The van der Waals surface area contributed by atoms with Crippen molar-refractivity contribution in [1.82, 2.24) is 15.0 Å². The third-order valence-corrected chi connectivity index (χ3v) is 2.47. The van der Waals surface area contributed by atoms with Gasteiger partial charge in [-0.05, 0) is 12.8 Å². The summed E-state index contributed by atoms with van der Waals surface area (Å²) in [5.74, 6) is 0.459. The predicted octanol–water partition coefficient (Wildman–Crippen LogP) is -0.210. The first kappa shape index (κ1) is 10.9. The van der Waals surface area contributed by atoms with Gasteiger partial charge in [-0.25, -0.2) is 0 Å². The van der Waals surface area contributed by atoms with E-state index < -0.39 is 0 Å². The number of hydrogen-bond acceptors (Lipinski definition) is 7. The van der Waals surface area contributed by atoms with Gasteiger partial charge in [-0.15, -0.1) is 4.98 Å². The second-order valence-electron chi connectivity index (χ2n) is 3.71. The van der Waals surface area contributed by atoms with E-state index in [1.807, 2.05) is 0 Å². The Morgan fingerprint density at radius 1 is 1.12 bits per heavy atom. The summed E-state index contributed by atoms with van der Waals surface area (Å²) >= 11 is 0. The van der Waals surface area contributed by atoms with E-state index in [1.165, 1.54) is 14.2 Å². The minimum atomic E-state index is 0.234. The Morgan fingerprint density at radius 2 is 1.69 bits per heavy atom. The Hall–Kier alpha value is -1.63. The first-order chi connectivity index (χ1) is 7.71. The van der Waals surface area contributed by atoms with E-state index in [0.29, 0.717) is 12.0 Å². The molecule has 1 aromatic rings. The monoisotopic (exact) mass is 225 g/mol. The number of ether oxygens (including phenoxy) is 2. The molecule has 0 aromatic carbocycles. The van der Waals surface area contributed by atoms with Crippen molar-refractivity contribution in [2.75, 3.05) is 19.5 Å². The number of anilines is 1. The van der Waals surface area contributed by atoms with Crippen LogP contribution in [0.5, 0.6) is 12.0 Å². The van der Waals surface area contributed by atoms with Crippen LogP contribution in [0.1, 0.15) is 12.8 Å². The van der Waals surface area contributed by atoms with Crippen molar-refractivity contribution in [3.63, 3.8) is 0 Å². The van der Waals surface area contributed by atoms with Crippen LogP contribution in [0.2, 0.25) is 0 Å². The highest BCUT2D eigenvalue weighted by Crippen LogP contribution is 2.22. The Morgan fingerprint density at radius 3 is 2.12 bits per heavy atom. The number of rotatable bonds is 4. The summed E-state index contributed by atoms with van der Waals surface area (Å²) in [6, 6.07) is 1.07. The third kappa shape index (κ3) is 2.30. The SMILES string of the molecule is COc1nc(NC2CC(N)C2)nc(OC)n1. The van der Waals surface area contributed by atoms with Crippen LogP contribution in [0.4, 0.5) is 5.95 Å². The van der Waals surface area contributed by atoms with Gasteiger partial charge in [0.1, 0.15) is 0 Å². The van der Waals surface area contributed by atoms with Crippen LogP contribution in [0, 0.1) is 0 Å². The van der Waals surface area contributed by atoms with Crippen molar-refractivity contribution in [3.05, 3.63) is 0 Å². The maximum absolute atomic E-state index is 5.69.